The van der Waals surface area contributed by atoms with Gasteiger partial charge in [0.1, 0.15) is 11.5 Å². The third-order valence-electron chi connectivity index (χ3n) is 1.69. The number of H-pyrrole nitrogens is 1. The highest BCUT2D eigenvalue weighted by Gasteiger charge is 2.07. The molecular weight excluding hydrogens is 138 g/mol. The number of hydrogen-bond donors (Lipinski definition) is 1. The molecule has 0 atom stereocenters. The molecule has 3 nitrogen and oxygen atoms in total. The Labute approximate surface area is 64.8 Å². The molecule has 0 radical (unpaired) electrons. The first-order chi connectivity index (χ1) is 5.27. The summed E-state index contributed by atoms with van der Waals surface area (Å²) in [7, 11) is 0. The predicted octanol–water partition coefficient (Wildman–Crippen LogP) is 1.53. The normalized spacial score (nSPS) is 10.7. The second-order valence-electron chi connectivity index (χ2n) is 2.61. The van der Waals surface area contributed by atoms with Crippen molar-refractivity contribution in [2.24, 2.45) is 0 Å². The van der Waals surface area contributed by atoms with Crippen molar-refractivity contribution >= 4 is 0 Å². The number of nitrogens with zero attached hydrogens (tertiary/aromatic N) is 2. The average molecular weight is 147 g/mol. The van der Waals surface area contributed by atoms with E-state index in [1.165, 1.54) is 0 Å². The molecule has 11 heavy (non-hydrogen) atoms. The van der Waals surface area contributed by atoms with E-state index in [4.69, 9.17) is 0 Å². The Morgan fingerprint density at radius 3 is 3.00 bits per heavy atom. The SMILES string of the molecule is Cc1nc(C)c2nccc-2[nH]1. The first-order valence-electron chi connectivity index (χ1n) is 3.55. The van der Waals surface area contributed by atoms with Crippen LogP contribution in [-0.2, 0) is 0 Å². The largest absolute Gasteiger partial charge is 0.342 e. The van der Waals surface area contributed by atoms with E-state index in [-0.39, 0.29) is 0 Å². The summed E-state index contributed by atoms with van der Waals surface area (Å²) >= 11 is 0. The van der Waals surface area contributed by atoms with E-state index in [1.54, 1.807) is 6.20 Å². The minimum absolute atomic E-state index is 0.933. The predicted molar refractivity (Wildman–Crippen MR) is 42.5 cm³/mol. The van der Waals surface area contributed by atoms with E-state index in [9.17, 15) is 0 Å². The molecule has 1 N–H and O–H groups in total. The van der Waals surface area contributed by atoms with Gasteiger partial charge in [0, 0.05) is 6.20 Å². The molecule has 56 valence electrons. The molecule has 0 aliphatic carbocycles. The van der Waals surface area contributed by atoms with Crippen LogP contribution in [0.2, 0.25) is 0 Å². The fraction of sp³-hybridized carbons (Fsp3) is 0.250. The van der Waals surface area contributed by atoms with Crippen LogP contribution in [0.3, 0.4) is 0 Å². The van der Waals surface area contributed by atoms with Gasteiger partial charge in [0.15, 0.2) is 0 Å². The molecule has 2 rings (SSSR count). The number of hydrogen-bond acceptors (Lipinski definition) is 2. The quantitative estimate of drug-likeness (QED) is 0.614. The van der Waals surface area contributed by atoms with Gasteiger partial charge in [-0.2, -0.15) is 0 Å². The van der Waals surface area contributed by atoms with Gasteiger partial charge in [-0.15, -0.1) is 0 Å². The molecule has 2 aliphatic heterocycles. The lowest BCUT2D eigenvalue weighted by Gasteiger charge is -2.02. The fourth-order valence-corrected chi connectivity index (χ4v) is 1.25. The summed E-state index contributed by atoms with van der Waals surface area (Å²) in [6, 6.07) is 1.96. The molecule has 0 bridgehead atoms. The van der Waals surface area contributed by atoms with Gasteiger partial charge >= 0.3 is 0 Å². The van der Waals surface area contributed by atoms with E-state index < -0.39 is 0 Å². The van der Waals surface area contributed by atoms with Crippen LogP contribution in [0.1, 0.15) is 11.5 Å². The molecule has 3 heteroatoms. The Hall–Kier alpha value is -1.38. The van der Waals surface area contributed by atoms with Crippen LogP contribution in [0, 0.1) is 13.8 Å². The Morgan fingerprint density at radius 2 is 2.18 bits per heavy atom. The van der Waals surface area contributed by atoms with Crippen LogP contribution in [0.5, 0.6) is 0 Å². The van der Waals surface area contributed by atoms with Gasteiger partial charge in [-0.25, -0.2) is 4.98 Å². The zero-order chi connectivity index (χ0) is 7.84. The highest BCUT2D eigenvalue weighted by atomic mass is 14.9. The second-order valence-corrected chi connectivity index (χ2v) is 2.61. The topological polar surface area (TPSA) is 41.6 Å². The summed E-state index contributed by atoms with van der Waals surface area (Å²) in [4.78, 5) is 11.6. The minimum Gasteiger partial charge on any atom is -0.342 e. The molecule has 0 saturated carbocycles. The van der Waals surface area contributed by atoms with Crippen molar-refractivity contribution in [2.75, 3.05) is 0 Å². The first kappa shape index (κ1) is 6.34. The summed E-state index contributed by atoms with van der Waals surface area (Å²) in [6.07, 6.45) is 1.79. The van der Waals surface area contributed by atoms with Crippen LogP contribution in [0.25, 0.3) is 11.4 Å². The first-order valence-corrected chi connectivity index (χ1v) is 3.55. The summed E-state index contributed by atoms with van der Waals surface area (Å²) < 4.78 is 0. The number of aromatic nitrogens is 3. The number of aryl methyl sites for hydroxylation is 2. The Balaban J connectivity index is 2.79. The molecule has 2 heterocycles. The standard InChI is InChI=1S/C8H9N3/c1-5-8-7(3-4-9-8)11-6(2)10-5/h3-4H,1-2H3,(H,10,11). The molecule has 0 saturated heterocycles. The molecular formula is C8H9N3. The lowest BCUT2D eigenvalue weighted by atomic mass is 10.2. The highest BCUT2D eigenvalue weighted by Crippen LogP contribution is 2.19. The minimum atomic E-state index is 0.933. The van der Waals surface area contributed by atoms with Crippen LogP contribution in [0.4, 0.5) is 0 Å². The van der Waals surface area contributed by atoms with E-state index in [1.807, 2.05) is 19.9 Å². The Bertz CT molecular complexity index is 351. The van der Waals surface area contributed by atoms with Crippen LogP contribution in [-0.4, -0.2) is 15.0 Å². The van der Waals surface area contributed by atoms with Crippen molar-refractivity contribution in [3.05, 3.63) is 23.8 Å². The molecule has 0 aromatic rings. The number of nitrogens with one attached hydrogen (secondary N) is 1. The zero-order valence-corrected chi connectivity index (χ0v) is 6.55. The van der Waals surface area contributed by atoms with Crippen LogP contribution >= 0.6 is 0 Å². The zero-order valence-electron chi connectivity index (χ0n) is 6.55. The maximum Gasteiger partial charge on any atom is 0.108 e. The van der Waals surface area contributed by atoms with Gasteiger partial charge in [-0.1, -0.05) is 0 Å². The molecule has 0 aromatic carbocycles. The van der Waals surface area contributed by atoms with Crippen molar-refractivity contribution in [3.8, 4) is 11.4 Å². The number of rotatable bonds is 0. The number of fused-ring (bicyclic) bond motifs is 1. The highest BCUT2D eigenvalue weighted by molar-refractivity contribution is 5.58. The molecule has 0 fully saturated rings. The Morgan fingerprint density at radius 1 is 1.36 bits per heavy atom. The van der Waals surface area contributed by atoms with Crippen molar-refractivity contribution in [1.29, 1.82) is 0 Å². The van der Waals surface area contributed by atoms with Gasteiger partial charge < -0.3 is 4.98 Å². The van der Waals surface area contributed by atoms with Gasteiger partial charge in [0.25, 0.3) is 0 Å². The van der Waals surface area contributed by atoms with Crippen molar-refractivity contribution in [3.63, 3.8) is 0 Å². The third kappa shape index (κ3) is 0.888. The summed E-state index contributed by atoms with van der Waals surface area (Å²) in [5.74, 6) is 0.933. The van der Waals surface area contributed by atoms with Gasteiger partial charge in [0.2, 0.25) is 0 Å². The second kappa shape index (κ2) is 2.05. The van der Waals surface area contributed by atoms with Crippen molar-refractivity contribution < 1.29 is 0 Å². The van der Waals surface area contributed by atoms with Gasteiger partial charge in [-0.3, -0.25) is 4.98 Å². The summed E-state index contributed by atoms with van der Waals surface area (Å²) in [6.45, 7) is 3.91. The maximum atomic E-state index is 4.26. The maximum absolute atomic E-state index is 4.26. The lowest BCUT2D eigenvalue weighted by molar-refractivity contribution is 1.01. The van der Waals surface area contributed by atoms with Gasteiger partial charge in [-0.05, 0) is 19.9 Å². The van der Waals surface area contributed by atoms with Crippen molar-refractivity contribution in [1.82, 2.24) is 15.0 Å². The van der Waals surface area contributed by atoms with E-state index in [2.05, 4.69) is 15.0 Å². The third-order valence-corrected chi connectivity index (χ3v) is 1.69. The van der Waals surface area contributed by atoms with E-state index in [0.717, 1.165) is 22.9 Å². The fourth-order valence-electron chi connectivity index (χ4n) is 1.25. The average Bonchev–Trinajstić information content (AvgIpc) is 2.34. The number of aromatic amines is 1. The van der Waals surface area contributed by atoms with Crippen LogP contribution < -0.4 is 0 Å². The Kier molecular flexibility index (Phi) is 1.18. The lowest BCUT2D eigenvalue weighted by Crippen LogP contribution is -1.95. The van der Waals surface area contributed by atoms with Crippen LogP contribution in [0.15, 0.2) is 12.3 Å². The van der Waals surface area contributed by atoms with E-state index in [0.29, 0.717) is 0 Å². The molecule has 0 amide bonds. The van der Waals surface area contributed by atoms with E-state index >= 15 is 0 Å². The molecule has 0 unspecified atom stereocenters. The molecule has 0 aromatic heterocycles. The summed E-state index contributed by atoms with van der Waals surface area (Å²) in [5.41, 5.74) is 3.02. The van der Waals surface area contributed by atoms with Gasteiger partial charge in [0.05, 0.1) is 11.4 Å². The monoisotopic (exact) mass is 147 g/mol. The molecule has 0 spiro atoms. The smallest absolute Gasteiger partial charge is 0.108 e. The van der Waals surface area contributed by atoms with Crippen molar-refractivity contribution in [2.45, 2.75) is 13.8 Å². The summed E-state index contributed by atoms with van der Waals surface area (Å²) in [5, 5.41) is 0. The molecule has 2 aliphatic rings.